The van der Waals surface area contributed by atoms with E-state index in [0.29, 0.717) is 0 Å². The van der Waals surface area contributed by atoms with Crippen LogP contribution in [0, 0.1) is 6.92 Å². The third kappa shape index (κ3) is 6.37. The number of furan rings is 1. The minimum atomic E-state index is -0.139. The zero-order valence-corrected chi connectivity index (χ0v) is 40.9. The zero-order chi connectivity index (χ0) is 47.3. The number of anilines is 6. The molecule has 69 heavy (non-hydrogen) atoms. The lowest BCUT2D eigenvalue weighted by Crippen LogP contribution is -2.61. The molecule has 0 bridgehead atoms. The predicted molar refractivity (Wildman–Crippen MR) is 287 cm³/mol. The molecule has 5 nitrogen and oxygen atoms in total. The molecule has 8 aromatic carbocycles. The highest BCUT2D eigenvalue weighted by molar-refractivity contribution is 7.00. The molecule has 3 aliphatic heterocycles. The summed E-state index contributed by atoms with van der Waals surface area (Å²) in [5, 5.41) is 1.09. The summed E-state index contributed by atoms with van der Waals surface area (Å²) in [6.45, 7) is 21.1. The smallest absolute Gasteiger partial charge is 0.252 e. The average molecular weight is 899 g/mol. The number of rotatable bonds is 4. The second-order valence-corrected chi connectivity index (χ2v) is 22.3. The minimum Gasteiger partial charge on any atom is -0.456 e. The molecule has 338 valence electrons. The fourth-order valence-electron chi connectivity index (χ4n) is 11.7. The highest BCUT2D eigenvalue weighted by Crippen LogP contribution is 2.52. The summed E-state index contributed by atoms with van der Waals surface area (Å²) < 4.78 is 18.6. The van der Waals surface area contributed by atoms with Crippen LogP contribution in [-0.4, -0.2) is 13.5 Å². The lowest BCUT2D eigenvalue weighted by atomic mass is 9.33. The van der Waals surface area contributed by atoms with Crippen molar-refractivity contribution >= 4 is 68.2 Å². The van der Waals surface area contributed by atoms with Crippen LogP contribution in [0.3, 0.4) is 0 Å². The topological polar surface area (TPSA) is 38.1 Å². The lowest BCUT2D eigenvalue weighted by Gasteiger charge is -2.45. The summed E-state index contributed by atoms with van der Waals surface area (Å²) in [6.07, 6.45) is 0. The van der Waals surface area contributed by atoms with Crippen LogP contribution >= 0.6 is 0 Å². The Morgan fingerprint density at radius 2 is 1.14 bits per heavy atom. The molecule has 1 aromatic heterocycles. The van der Waals surface area contributed by atoms with Crippen LogP contribution in [0.4, 0.5) is 34.1 Å². The van der Waals surface area contributed by atoms with Crippen molar-refractivity contribution in [3.8, 4) is 45.1 Å². The average Bonchev–Trinajstić information content (AvgIpc) is 4.05. The number of benzene rings is 8. The molecule has 1 aliphatic carbocycles. The number of hydrogen-bond acceptors (Lipinski definition) is 5. The normalized spacial score (nSPS) is 14.9. The highest BCUT2D eigenvalue weighted by atomic mass is 16.7. The van der Waals surface area contributed by atoms with Crippen LogP contribution in [-0.2, 0) is 16.2 Å². The lowest BCUT2D eigenvalue weighted by molar-refractivity contribution is 0.174. The SMILES string of the molecule is Cc1cc2c3c(c1)N(c1ccc4c(c1)OCO4)c1ccc(C(C)(C)C)cc1B3c1cc(C(C)(C)C)ccc1N2c1cc(-c2ccc3c(c2)C(C)(C)c2ccccc2-3)cc(-c2cc3ccccc3o2)c1. The van der Waals surface area contributed by atoms with Gasteiger partial charge in [0.1, 0.15) is 11.3 Å². The Labute approximate surface area is 406 Å². The van der Waals surface area contributed by atoms with Crippen LogP contribution < -0.4 is 35.7 Å². The third-order valence-corrected chi connectivity index (χ3v) is 15.4. The van der Waals surface area contributed by atoms with Crippen molar-refractivity contribution in [2.75, 3.05) is 16.6 Å². The largest absolute Gasteiger partial charge is 0.456 e. The first kappa shape index (κ1) is 41.7. The molecule has 6 heteroatoms. The molecule has 0 saturated carbocycles. The van der Waals surface area contributed by atoms with Gasteiger partial charge >= 0.3 is 0 Å². The van der Waals surface area contributed by atoms with Gasteiger partial charge in [-0.15, -0.1) is 0 Å². The molecule has 0 N–H and O–H groups in total. The molecule has 0 radical (unpaired) electrons. The standard InChI is InChI=1S/C63H55BN2O3/c1-37-26-54-60-55(27-37)66(45-29-40(28-41(30-45)58-32-39-14-10-13-17-56(39)69-58)38-18-22-47-46-15-11-12-16-48(46)63(8,9)49(47)31-38)53-24-20-43(62(5,6)7)34-51(53)64(60)50-33-42(61(2,3)4)19-23-52(50)65(54)44-21-25-57-59(35-44)68-36-67-57/h10-35H,36H2,1-9H3. The molecule has 13 rings (SSSR count). The maximum Gasteiger partial charge on any atom is 0.252 e. The van der Waals surface area contributed by atoms with Crippen molar-refractivity contribution in [1.29, 1.82) is 0 Å². The van der Waals surface area contributed by atoms with E-state index in [1.54, 1.807) is 0 Å². The van der Waals surface area contributed by atoms with E-state index in [1.165, 1.54) is 78.0 Å². The van der Waals surface area contributed by atoms with Crippen molar-refractivity contribution < 1.29 is 13.9 Å². The van der Waals surface area contributed by atoms with Crippen molar-refractivity contribution in [2.24, 2.45) is 0 Å². The van der Waals surface area contributed by atoms with Crippen molar-refractivity contribution in [1.82, 2.24) is 0 Å². The summed E-state index contributed by atoms with van der Waals surface area (Å²) in [7, 11) is 0. The number of fused-ring (bicyclic) bond motifs is 9. The first-order chi connectivity index (χ1) is 33.1. The second-order valence-electron chi connectivity index (χ2n) is 22.3. The number of nitrogens with zero attached hydrogens (tertiary/aromatic N) is 2. The molecule has 0 amide bonds. The Morgan fingerprint density at radius 3 is 1.86 bits per heavy atom. The zero-order valence-electron chi connectivity index (χ0n) is 40.9. The summed E-state index contributed by atoms with van der Waals surface area (Å²) >= 11 is 0. The Bertz CT molecular complexity index is 3610. The van der Waals surface area contributed by atoms with Gasteiger partial charge in [0.25, 0.3) is 6.71 Å². The Balaban J connectivity index is 1.09. The minimum absolute atomic E-state index is 0.0367. The molecule has 0 spiro atoms. The first-order valence-corrected chi connectivity index (χ1v) is 24.4. The number of hydrogen-bond donors (Lipinski definition) is 0. The molecular weight excluding hydrogens is 844 g/mol. The van der Waals surface area contributed by atoms with E-state index in [0.717, 1.165) is 56.4 Å². The molecule has 0 saturated heterocycles. The summed E-state index contributed by atoms with van der Waals surface area (Å²) in [6, 6.07) is 59.2. The van der Waals surface area contributed by atoms with Crippen LogP contribution in [0.2, 0.25) is 0 Å². The Hall–Kier alpha value is -7.44. The van der Waals surface area contributed by atoms with Gasteiger partial charge in [-0.25, -0.2) is 0 Å². The summed E-state index contributed by atoms with van der Waals surface area (Å²) in [5.74, 6) is 2.38. The van der Waals surface area contributed by atoms with Crippen LogP contribution in [0.5, 0.6) is 11.5 Å². The predicted octanol–water partition coefficient (Wildman–Crippen LogP) is 14.8. The Morgan fingerprint density at radius 1 is 0.507 bits per heavy atom. The summed E-state index contributed by atoms with van der Waals surface area (Å²) in [5.41, 5.74) is 23.8. The van der Waals surface area contributed by atoms with E-state index in [1.807, 2.05) is 6.07 Å². The van der Waals surface area contributed by atoms with Crippen molar-refractivity contribution in [2.45, 2.75) is 78.6 Å². The van der Waals surface area contributed by atoms with Gasteiger partial charge in [-0.2, -0.15) is 0 Å². The molecule has 4 heterocycles. The second kappa shape index (κ2) is 14.5. The summed E-state index contributed by atoms with van der Waals surface area (Å²) in [4.78, 5) is 5.01. The van der Waals surface area contributed by atoms with Gasteiger partial charge in [-0.1, -0.05) is 134 Å². The van der Waals surface area contributed by atoms with Crippen molar-refractivity contribution in [3.63, 3.8) is 0 Å². The van der Waals surface area contributed by atoms with E-state index in [2.05, 4.69) is 224 Å². The van der Waals surface area contributed by atoms with E-state index >= 15 is 0 Å². The van der Waals surface area contributed by atoms with Gasteiger partial charge in [-0.05, 0) is 157 Å². The molecular formula is C63H55BN2O3. The van der Waals surface area contributed by atoms with Gasteiger partial charge in [0, 0.05) is 50.9 Å². The van der Waals surface area contributed by atoms with Gasteiger partial charge in [0.15, 0.2) is 11.5 Å². The maximum absolute atomic E-state index is 6.74. The third-order valence-electron chi connectivity index (χ3n) is 15.4. The first-order valence-electron chi connectivity index (χ1n) is 24.4. The number of ether oxygens (including phenoxy) is 2. The van der Waals surface area contributed by atoms with Gasteiger partial charge in [0.05, 0.1) is 5.69 Å². The highest BCUT2D eigenvalue weighted by Gasteiger charge is 2.45. The molecule has 0 atom stereocenters. The maximum atomic E-state index is 6.74. The van der Waals surface area contributed by atoms with E-state index in [4.69, 9.17) is 13.9 Å². The fraction of sp³-hybridized carbons (Fsp3) is 0.206. The van der Waals surface area contributed by atoms with Gasteiger partial charge in [-0.3, -0.25) is 0 Å². The number of aryl methyl sites for hydroxylation is 1. The van der Waals surface area contributed by atoms with Crippen LogP contribution in [0.15, 0.2) is 162 Å². The Kier molecular flexibility index (Phi) is 8.79. The van der Waals surface area contributed by atoms with E-state index in [-0.39, 0.29) is 29.8 Å². The molecule has 0 unspecified atom stereocenters. The molecule has 4 aliphatic rings. The van der Waals surface area contributed by atoms with Gasteiger partial charge in [0.2, 0.25) is 6.79 Å². The van der Waals surface area contributed by atoms with E-state index < -0.39 is 0 Å². The number of para-hydroxylation sites is 1. The monoisotopic (exact) mass is 898 g/mol. The molecule has 0 fully saturated rings. The quantitative estimate of drug-likeness (QED) is 0.165. The molecule has 9 aromatic rings. The van der Waals surface area contributed by atoms with Crippen LogP contribution in [0.25, 0.3) is 44.5 Å². The van der Waals surface area contributed by atoms with Crippen molar-refractivity contribution in [3.05, 3.63) is 186 Å². The van der Waals surface area contributed by atoms with Gasteiger partial charge < -0.3 is 23.7 Å². The van der Waals surface area contributed by atoms with Crippen LogP contribution in [0.1, 0.15) is 83.2 Å². The fourth-order valence-corrected chi connectivity index (χ4v) is 11.7. The van der Waals surface area contributed by atoms with E-state index in [9.17, 15) is 0 Å².